The number of halogens is 1. The summed E-state index contributed by atoms with van der Waals surface area (Å²) in [5.74, 6) is 1.61. The molecule has 16 heavy (non-hydrogen) atoms. The molecule has 1 aromatic carbocycles. The summed E-state index contributed by atoms with van der Waals surface area (Å²) in [5.41, 5.74) is 1.70. The van der Waals surface area contributed by atoms with Crippen molar-refractivity contribution in [3.8, 4) is 5.75 Å². The van der Waals surface area contributed by atoms with E-state index in [4.69, 9.17) is 4.74 Å². The van der Waals surface area contributed by atoms with Crippen LogP contribution < -0.4 is 4.74 Å². The summed E-state index contributed by atoms with van der Waals surface area (Å²) in [5, 5.41) is 0. The molecule has 1 saturated carbocycles. The molecule has 0 spiro atoms. The molecule has 2 rings (SSSR count). The number of allylic oxidation sites excluding steroid dienone is 1. The number of hydrogen-bond donors (Lipinski definition) is 0. The minimum Gasteiger partial charge on any atom is -0.497 e. The summed E-state index contributed by atoms with van der Waals surface area (Å²) in [4.78, 5) is 0. The molecule has 0 radical (unpaired) electrons. The topological polar surface area (TPSA) is 9.23 Å². The second-order valence-corrected chi connectivity index (χ2v) is 5.90. The van der Waals surface area contributed by atoms with Crippen LogP contribution in [0.25, 0.3) is 4.48 Å². The Balaban J connectivity index is 2.12. The van der Waals surface area contributed by atoms with E-state index in [9.17, 15) is 0 Å². The maximum Gasteiger partial charge on any atom is 0.118 e. The van der Waals surface area contributed by atoms with E-state index < -0.39 is 0 Å². The minimum absolute atomic E-state index is 0.492. The highest BCUT2D eigenvalue weighted by molar-refractivity contribution is 9.15. The smallest absolute Gasteiger partial charge is 0.118 e. The molecule has 0 saturated heterocycles. The van der Waals surface area contributed by atoms with Crippen LogP contribution in [0, 0.1) is 11.3 Å². The average Bonchev–Trinajstić information content (AvgIpc) is 2.86. The van der Waals surface area contributed by atoms with Gasteiger partial charge in [-0.05, 0) is 35.4 Å². The van der Waals surface area contributed by atoms with E-state index in [1.807, 2.05) is 12.1 Å². The highest BCUT2D eigenvalue weighted by atomic mass is 79.9. The number of hydrogen-bond acceptors (Lipinski definition) is 1. The maximum absolute atomic E-state index is 5.14. The fourth-order valence-corrected chi connectivity index (χ4v) is 2.40. The number of methoxy groups -OCH3 is 1. The second kappa shape index (κ2) is 4.25. The summed E-state index contributed by atoms with van der Waals surface area (Å²) in [7, 11) is 1.69. The zero-order valence-corrected chi connectivity index (χ0v) is 11.5. The van der Waals surface area contributed by atoms with Gasteiger partial charge in [-0.3, -0.25) is 0 Å². The predicted octanol–water partition coefficient (Wildman–Crippen LogP) is 4.48. The highest BCUT2D eigenvalue weighted by Crippen LogP contribution is 2.53. The Morgan fingerprint density at radius 1 is 1.38 bits per heavy atom. The standard InChI is InChI=1S/C14H17BrO/c1-14(2)9-11(14)8-13(15)10-4-6-12(16-3)7-5-10/h4-8,11H,9H2,1-3H3. The quantitative estimate of drug-likeness (QED) is 0.794. The molecule has 1 aliphatic carbocycles. The lowest BCUT2D eigenvalue weighted by atomic mass is 10.1. The van der Waals surface area contributed by atoms with Crippen molar-refractivity contribution in [1.29, 1.82) is 0 Å². The molecule has 1 aromatic rings. The third-order valence-electron chi connectivity index (χ3n) is 3.30. The molecule has 0 aliphatic heterocycles. The van der Waals surface area contributed by atoms with Gasteiger partial charge in [0.1, 0.15) is 5.75 Å². The third-order valence-corrected chi connectivity index (χ3v) is 4.03. The molecule has 0 bridgehead atoms. The first-order valence-corrected chi connectivity index (χ1v) is 6.34. The highest BCUT2D eigenvalue weighted by Gasteiger charge is 2.43. The van der Waals surface area contributed by atoms with Crippen LogP contribution in [-0.2, 0) is 0 Å². The first-order chi connectivity index (χ1) is 7.53. The van der Waals surface area contributed by atoms with Crippen molar-refractivity contribution in [3.63, 3.8) is 0 Å². The first-order valence-electron chi connectivity index (χ1n) is 5.55. The van der Waals surface area contributed by atoms with Gasteiger partial charge in [0.15, 0.2) is 0 Å². The summed E-state index contributed by atoms with van der Waals surface area (Å²) in [6.45, 7) is 4.62. The van der Waals surface area contributed by atoms with Crippen molar-refractivity contribution < 1.29 is 4.74 Å². The molecule has 1 fully saturated rings. The molecular formula is C14H17BrO. The van der Waals surface area contributed by atoms with E-state index >= 15 is 0 Å². The largest absolute Gasteiger partial charge is 0.497 e. The zero-order valence-electron chi connectivity index (χ0n) is 9.96. The summed E-state index contributed by atoms with van der Waals surface area (Å²) in [6, 6.07) is 8.13. The molecule has 1 unspecified atom stereocenters. The Kier molecular flexibility index (Phi) is 3.11. The first kappa shape index (κ1) is 11.7. The van der Waals surface area contributed by atoms with Crippen LogP contribution in [0.2, 0.25) is 0 Å². The lowest BCUT2D eigenvalue weighted by Crippen LogP contribution is -1.87. The summed E-state index contributed by atoms with van der Waals surface area (Å²) < 4.78 is 6.33. The molecule has 0 N–H and O–H groups in total. The van der Waals surface area contributed by atoms with Crippen molar-refractivity contribution in [2.24, 2.45) is 11.3 Å². The van der Waals surface area contributed by atoms with Crippen molar-refractivity contribution in [2.45, 2.75) is 20.3 Å². The number of rotatable bonds is 3. The van der Waals surface area contributed by atoms with Gasteiger partial charge in [0.05, 0.1) is 7.11 Å². The van der Waals surface area contributed by atoms with Crippen LogP contribution in [0.3, 0.4) is 0 Å². The van der Waals surface area contributed by atoms with E-state index in [-0.39, 0.29) is 0 Å². The van der Waals surface area contributed by atoms with Crippen molar-refractivity contribution in [1.82, 2.24) is 0 Å². The average molecular weight is 281 g/mol. The van der Waals surface area contributed by atoms with Gasteiger partial charge in [-0.25, -0.2) is 0 Å². The van der Waals surface area contributed by atoms with Gasteiger partial charge >= 0.3 is 0 Å². The normalized spacial score (nSPS) is 23.0. The van der Waals surface area contributed by atoms with Gasteiger partial charge in [0.25, 0.3) is 0 Å². The van der Waals surface area contributed by atoms with E-state index in [0.717, 1.165) is 5.75 Å². The molecule has 0 heterocycles. The summed E-state index contributed by atoms with van der Waals surface area (Å²) >= 11 is 3.65. The lowest BCUT2D eigenvalue weighted by Gasteiger charge is -2.03. The zero-order chi connectivity index (χ0) is 11.8. The Labute approximate surface area is 106 Å². The molecule has 86 valence electrons. The fraction of sp³-hybridized carbons (Fsp3) is 0.429. The van der Waals surface area contributed by atoms with Gasteiger partial charge in [-0.2, -0.15) is 0 Å². The number of ether oxygens (including phenoxy) is 1. The predicted molar refractivity (Wildman–Crippen MR) is 71.8 cm³/mol. The van der Waals surface area contributed by atoms with Crippen molar-refractivity contribution in [3.05, 3.63) is 35.9 Å². The van der Waals surface area contributed by atoms with Gasteiger partial charge in [0.2, 0.25) is 0 Å². The van der Waals surface area contributed by atoms with E-state index in [1.54, 1.807) is 7.11 Å². The van der Waals surface area contributed by atoms with Crippen LogP contribution in [0.4, 0.5) is 0 Å². The van der Waals surface area contributed by atoms with Crippen LogP contribution in [0.5, 0.6) is 5.75 Å². The summed E-state index contributed by atoms with van der Waals surface area (Å²) in [6.07, 6.45) is 3.61. The third kappa shape index (κ3) is 2.49. The second-order valence-electron chi connectivity index (χ2n) is 5.04. The Morgan fingerprint density at radius 3 is 2.38 bits per heavy atom. The Hall–Kier alpha value is -0.760. The monoisotopic (exact) mass is 280 g/mol. The molecular weight excluding hydrogens is 264 g/mol. The molecule has 1 aliphatic rings. The number of benzene rings is 1. The van der Waals surface area contributed by atoms with Crippen molar-refractivity contribution in [2.75, 3.05) is 7.11 Å². The molecule has 0 aromatic heterocycles. The van der Waals surface area contributed by atoms with Crippen LogP contribution in [0.15, 0.2) is 30.3 Å². The van der Waals surface area contributed by atoms with E-state index in [1.165, 1.54) is 16.5 Å². The Morgan fingerprint density at radius 2 is 1.94 bits per heavy atom. The minimum atomic E-state index is 0.492. The lowest BCUT2D eigenvalue weighted by molar-refractivity contribution is 0.415. The van der Waals surface area contributed by atoms with Crippen LogP contribution in [-0.4, -0.2) is 7.11 Å². The molecule has 2 heteroatoms. The van der Waals surface area contributed by atoms with Gasteiger partial charge in [-0.1, -0.05) is 48.0 Å². The van der Waals surface area contributed by atoms with E-state index in [2.05, 4.69) is 48.0 Å². The SMILES string of the molecule is COc1ccc(C(Br)=CC2CC2(C)C)cc1. The van der Waals surface area contributed by atoms with E-state index in [0.29, 0.717) is 11.3 Å². The molecule has 1 nitrogen and oxygen atoms in total. The molecule has 0 amide bonds. The molecule has 1 atom stereocenters. The Bertz CT molecular complexity index is 403. The van der Waals surface area contributed by atoms with Crippen LogP contribution in [0.1, 0.15) is 25.8 Å². The van der Waals surface area contributed by atoms with Gasteiger partial charge in [-0.15, -0.1) is 0 Å². The van der Waals surface area contributed by atoms with Crippen LogP contribution >= 0.6 is 15.9 Å². The maximum atomic E-state index is 5.14. The van der Waals surface area contributed by atoms with Gasteiger partial charge in [0, 0.05) is 4.48 Å². The van der Waals surface area contributed by atoms with Gasteiger partial charge < -0.3 is 4.74 Å². The van der Waals surface area contributed by atoms with Crippen molar-refractivity contribution >= 4 is 20.4 Å². The fourth-order valence-electron chi connectivity index (χ4n) is 1.82.